The molecule has 50 valence electrons. The summed E-state index contributed by atoms with van der Waals surface area (Å²) in [5, 5.41) is 22.5. The molecule has 0 heterocycles. The van der Waals surface area contributed by atoms with E-state index in [0.29, 0.717) is 0 Å². The summed E-state index contributed by atoms with van der Waals surface area (Å²) in [6.45, 7) is 0. The van der Waals surface area contributed by atoms with Crippen LogP contribution in [0.5, 0.6) is 0 Å². The van der Waals surface area contributed by atoms with Gasteiger partial charge in [-0.25, -0.2) is 10.1 Å². The van der Waals surface area contributed by atoms with Gasteiger partial charge in [0.15, 0.2) is 0 Å². The monoisotopic (exact) mass is 131 g/mol. The van der Waals surface area contributed by atoms with Crippen LogP contribution in [0.3, 0.4) is 0 Å². The first-order valence-corrected chi connectivity index (χ1v) is 1.81. The molecule has 0 saturated heterocycles. The van der Waals surface area contributed by atoms with Gasteiger partial charge in [-0.05, 0) is 0 Å². The van der Waals surface area contributed by atoms with Gasteiger partial charge in [0, 0.05) is 0 Å². The van der Waals surface area contributed by atoms with Crippen molar-refractivity contribution in [3.63, 3.8) is 0 Å². The highest BCUT2D eigenvalue weighted by Crippen LogP contribution is 1.51. The molecule has 9 heavy (non-hydrogen) atoms. The van der Waals surface area contributed by atoms with Crippen molar-refractivity contribution in [3.8, 4) is 5.97 Å². The van der Waals surface area contributed by atoms with E-state index in [2.05, 4.69) is 11.5 Å². The van der Waals surface area contributed by atoms with E-state index in [9.17, 15) is 0 Å². The second-order valence-electron chi connectivity index (χ2n) is 0.905. The quantitative estimate of drug-likeness (QED) is 0.271. The molecule has 0 fully saturated rings. The second-order valence-corrected chi connectivity index (χ2v) is 0.905. The molecule has 0 aromatic rings. The van der Waals surface area contributed by atoms with Crippen molar-refractivity contribution >= 4 is 13.1 Å². The van der Waals surface area contributed by atoms with Crippen LogP contribution in [0.15, 0.2) is 0 Å². The van der Waals surface area contributed by atoms with Crippen LogP contribution in [0, 0.1) is 11.2 Å². The fraction of sp³-hybridized carbons (Fsp3) is 0. The molecule has 0 atom stereocenters. The summed E-state index contributed by atoms with van der Waals surface area (Å²) >= 11 is 0. The Labute approximate surface area is 51.8 Å². The van der Waals surface area contributed by atoms with Crippen LogP contribution in [-0.4, -0.2) is 23.2 Å². The lowest BCUT2D eigenvalue weighted by Crippen LogP contribution is -2.18. The van der Waals surface area contributed by atoms with Gasteiger partial charge >= 0.3 is 13.1 Å². The Kier molecular flexibility index (Phi) is 8.00. The molecule has 2 amide bonds. The summed E-state index contributed by atoms with van der Waals surface area (Å²) in [5.41, 5.74) is 8.50. The Bertz CT molecular complexity index is 115. The van der Waals surface area contributed by atoms with Gasteiger partial charge in [-0.2, -0.15) is 0 Å². The van der Waals surface area contributed by atoms with Gasteiger partial charge in [0.1, 0.15) is 0 Å². The van der Waals surface area contributed by atoms with Crippen molar-refractivity contribution in [2.75, 3.05) is 0 Å². The summed E-state index contributed by atoms with van der Waals surface area (Å²) in [6.07, 6.45) is 0. The topological polar surface area (TPSA) is 133 Å². The molecule has 0 aromatic carbocycles. The van der Waals surface area contributed by atoms with Crippen molar-refractivity contribution in [2.45, 2.75) is 0 Å². The van der Waals surface area contributed by atoms with E-state index >= 15 is 0 Å². The van der Waals surface area contributed by atoms with E-state index in [-0.39, 0.29) is 0 Å². The maximum atomic E-state index is 9.00. The van der Waals surface area contributed by atoms with Gasteiger partial charge in [-0.15, -0.1) is 0 Å². The lowest BCUT2D eigenvalue weighted by molar-refractivity contribution is 0.256. The Morgan fingerprint density at radius 3 is 1.67 bits per heavy atom. The summed E-state index contributed by atoms with van der Waals surface area (Å²) < 4.78 is 0. The molecular weight excluding hydrogens is 125 g/mol. The zero-order valence-corrected chi connectivity index (χ0v) is 4.48. The van der Waals surface area contributed by atoms with Crippen LogP contribution >= 0.6 is 0 Å². The Balaban J connectivity index is 0. The van der Waals surface area contributed by atoms with Crippen molar-refractivity contribution in [1.82, 2.24) is 0 Å². The number of nitriles is 1. The Morgan fingerprint density at radius 2 is 1.67 bits per heavy atom. The van der Waals surface area contributed by atoms with Crippen LogP contribution in [0.25, 0.3) is 0 Å². The number of amides is 2. The third-order valence-electron chi connectivity index (χ3n) is 0.115. The zero-order valence-electron chi connectivity index (χ0n) is 4.48. The maximum absolute atomic E-state index is 9.00. The SMILES string of the molecule is N#CB(O)O.NC(N)=O. The average Bonchev–Trinajstić information content (AvgIpc) is 1.65. The van der Waals surface area contributed by atoms with Crippen LogP contribution in [-0.2, 0) is 0 Å². The number of hydrogen-bond donors (Lipinski definition) is 4. The smallest absolute Gasteiger partial charge is 0.415 e. The highest BCUT2D eigenvalue weighted by molar-refractivity contribution is 6.50. The molecule has 7 heteroatoms. The van der Waals surface area contributed by atoms with Crippen LogP contribution in [0.1, 0.15) is 0 Å². The zero-order chi connectivity index (χ0) is 7.86. The number of nitrogens with zero attached hydrogens (tertiary/aromatic N) is 1. The number of hydrogen-bond acceptors (Lipinski definition) is 4. The van der Waals surface area contributed by atoms with Crippen LogP contribution in [0.4, 0.5) is 4.79 Å². The predicted octanol–water partition coefficient (Wildman–Crippen LogP) is -2.45. The Morgan fingerprint density at radius 1 is 1.56 bits per heavy atom. The third-order valence-corrected chi connectivity index (χ3v) is 0.115. The number of nitrogens with two attached hydrogens (primary N) is 2. The van der Waals surface area contributed by atoms with E-state index < -0.39 is 13.1 Å². The van der Waals surface area contributed by atoms with Crippen LogP contribution < -0.4 is 11.5 Å². The Hall–Kier alpha value is -1.26. The molecule has 0 aromatic heterocycles. The third kappa shape index (κ3) is 274. The summed E-state index contributed by atoms with van der Waals surface area (Å²) in [7, 11) is -1.81. The molecule has 0 radical (unpaired) electrons. The highest BCUT2D eigenvalue weighted by Gasteiger charge is 1.98. The molecule has 0 aliphatic heterocycles. The molecule has 0 rings (SSSR count). The number of urea groups is 1. The number of carbonyl (C=O) groups is 1. The first-order valence-electron chi connectivity index (χ1n) is 1.81. The minimum absolute atomic E-state index is 0.833. The molecule has 0 saturated carbocycles. The number of rotatable bonds is 0. The van der Waals surface area contributed by atoms with Crippen LogP contribution in [0.2, 0.25) is 0 Å². The van der Waals surface area contributed by atoms with Gasteiger partial charge in [-0.1, -0.05) is 0 Å². The molecule has 0 aliphatic carbocycles. The average molecular weight is 131 g/mol. The van der Waals surface area contributed by atoms with Gasteiger partial charge < -0.3 is 21.5 Å². The van der Waals surface area contributed by atoms with Crippen molar-refractivity contribution in [3.05, 3.63) is 0 Å². The number of primary amides is 2. The molecule has 6 N–H and O–H groups in total. The molecule has 0 aliphatic rings. The standard InChI is InChI=1S/CH2BNO2.CH4N2O/c3-1-2(4)5;2-1(3)4/h4-5H;(H4,2,3,4). The van der Waals surface area contributed by atoms with Gasteiger partial charge in [0.2, 0.25) is 0 Å². The van der Waals surface area contributed by atoms with E-state index in [1.807, 2.05) is 0 Å². The van der Waals surface area contributed by atoms with E-state index in [1.54, 1.807) is 0 Å². The van der Waals surface area contributed by atoms with Gasteiger partial charge in [-0.3, -0.25) is 0 Å². The number of carbonyl (C=O) groups excluding carboxylic acids is 1. The molecular formula is C2H6BN3O3. The van der Waals surface area contributed by atoms with Crippen molar-refractivity contribution in [2.24, 2.45) is 11.5 Å². The van der Waals surface area contributed by atoms with Crippen molar-refractivity contribution < 1.29 is 14.8 Å². The normalized spacial score (nSPS) is 5.89. The fourth-order valence-electron chi connectivity index (χ4n) is 0. The lowest BCUT2D eigenvalue weighted by atomic mass is 9.97. The molecule has 6 nitrogen and oxygen atoms in total. The first kappa shape index (κ1) is 10.7. The molecule has 0 unspecified atom stereocenters. The minimum atomic E-state index is -1.81. The maximum Gasteiger partial charge on any atom is 0.573 e. The minimum Gasteiger partial charge on any atom is -0.415 e. The van der Waals surface area contributed by atoms with Gasteiger partial charge in [0.25, 0.3) is 0 Å². The first-order chi connectivity index (χ1) is 4.00. The largest absolute Gasteiger partial charge is 0.573 e. The van der Waals surface area contributed by atoms with Crippen molar-refractivity contribution in [1.29, 1.82) is 5.26 Å². The van der Waals surface area contributed by atoms with Gasteiger partial charge in [0.05, 0.1) is 5.97 Å². The lowest BCUT2D eigenvalue weighted by Gasteiger charge is -1.67. The predicted molar refractivity (Wildman–Crippen MR) is 29.6 cm³/mol. The van der Waals surface area contributed by atoms with E-state index in [4.69, 9.17) is 20.1 Å². The summed E-state index contributed by atoms with van der Waals surface area (Å²) in [6, 6.07) is -0.833. The van der Waals surface area contributed by atoms with E-state index in [0.717, 1.165) is 5.97 Å². The second kappa shape index (κ2) is 6.74. The fourth-order valence-corrected chi connectivity index (χ4v) is 0. The summed E-state index contributed by atoms with van der Waals surface area (Å²) in [4.78, 5) is 9.00. The molecule has 0 spiro atoms. The highest BCUT2D eigenvalue weighted by atomic mass is 16.4. The molecule has 0 bridgehead atoms. The van der Waals surface area contributed by atoms with E-state index in [1.165, 1.54) is 0 Å². The summed E-state index contributed by atoms with van der Waals surface area (Å²) in [5.74, 6) is 1.14.